The minimum atomic E-state index is -0.759. The Bertz CT molecular complexity index is 679. The van der Waals surface area contributed by atoms with Gasteiger partial charge in [-0.3, -0.25) is 4.57 Å². The van der Waals surface area contributed by atoms with E-state index in [4.69, 9.17) is 10.5 Å². The lowest BCUT2D eigenvalue weighted by Crippen LogP contribution is -2.31. The predicted molar refractivity (Wildman–Crippen MR) is 87.8 cm³/mol. The molecule has 2 aromatic heterocycles. The summed E-state index contributed by atoms with van der Waals surface area (Å²) < 4.78 is 7.62. The lowest BCUT2D eigenvalue weighted by molar-refractivity contribution is -0.0430. The molecule has 1 aliphatic rings. The van der Waals surface area contributed by atoms with Gasteiger partial charge in [0.05, 0.1) is 24.3 Å². The summed E-state index contributed by atoms with van der Waals surface area (Å²) in [7, 11) is 0. The van der Waals surface area contributed by atoms with Gasteiger partial charge < -0.3 is 20.7 Å². The highest BCUT2D eigenvalue weighted by Gasteiger charge is 2.45. The molecule has 23 heavy (non-hydrogen) atoms. The van der Waals surface area contributed by atoms with Crippen LogP contribution in [0.1, 0.15) is 20.1 Å². The molecule has 1 aliphatic heterocycles. The first-order valence-electron chi connectivity index (χ1n) is 7.52. The summed E-state index contributed by atoms with van der Waals surface area (Å²) in [5, 5.41) is 19.7. The summed E-state index contributed by atoms with van der Waals surface area (Å²) in [6, 6.07) is 0. The van der Waals surface area contributed by atoms with E-state index in [-0.39, 0.29) is 11.9 Å². The minimum Gasteiger partial charge on any atom is -0.394 e. The molecule has 0 aromatic carbocycles. The molecule has 9 heteroatoms. The molecule has 1 fully saturated rings. The number of fused-ring (bicyclic) bond motifs is 1. The maximum Gasteiger partial charge on any atom is 0.167 e. The summed E-state index contributed by atoms with van der Waals surface area (Å²) >= 11 is 1.63. The Morgan fingerprint density at radius 3 is 2.87 bits per heavy atom. The Morgan fingerprint density at radius 2 is 2.17 bits per heavy atom. The fraction of sp³-hybridized carbons (Fsp3) is 0.643. The fourth-order valence-electron chi connectivity index (χ4n) is 2.63. The van der Waals surface area contributed by atoms with Crippen LogP contribution in [0.2, 0.25) is 0 Å². The van der Waals surface area contributed by atoms with E-state index in [1.807, 2.05) is 0 Å². The number of nitrogens with two attached hydrogens (primary N) is 1. The van der Waals surface area contributed by atoms with Crippen molar-refractivity contribution in [2.75, 3.05) is 18.1 Å². The lowest BCUT2D eigenvalue weighted by Gasteiger charge is -2.22. The molecule has 126 valence electrons. The molecule has 0 bridgehead atoms. The van der Waals surface area contributed by atoms with E-state index in [1.165, 1.54) is 6.33 Å². The highest BCUT2D eigenvalue weighted by atomic mass is 32.2. The average Bonchev–Trinajstić information content (AvgIpc) is 3.07. The van der Waals surface area contributed by atoms with Gasteiger partial charge in [-0.15, -0.1) is 0 Å². The molecule has 0 radical (unpaired) electrons. The third kappa shape index (κ3) is 3.01. The number of aromatic nitrogens is 4. The van der Waals surface area contributed by atoms with Crippen molar-refractivity contribution in [3.8, 4) is 0 Å². The first kappa shape index (κ1) is 16.4. The monoisotopic (exact) mass is 339 g/mol. The minimum absolute atomic E-state index is 0.219. The number of aliphatic hydroxyl groups is 2. The van der Waals surface area contributed by atoms with Crippen molar-refractivity contribution in [1.82, 2.24) is 19.5 Å². The molecule has 4 N–H and O–H groups in total. The van der Waals surface area contributed by atoms with Gasteiger partial charge in [0, 0.05) is 0 Å². The average molecular weight is 339 g/mol. The maximum absolute atomic E-state index is 10.5. The van der Waals surface area contributed by atoms with Gasteiger partial charge in [0.25, 0.3) is 0 Å². The summed E-state index contributed by atoms with van der Waals surface area (Å²) in [6.45, 7) is 4.00. The number of aliphatic hydroxyl groups excluding tert-OH is 2. The van der Waals surface area contributed by atoms with E-state index < -0.39 is 18.4 Å². The van der Waals surface area contributed by atoms with Gasteiger partial charge in [0.1, 0.15) is 17.9 Å². The van der Waals surface area contributed by atoms with Crippen LogP contribution in [0.5, 0.6) is 0 Å². The standard InChI is InChI=1S/C14H21N5O3S/c1-7(2)4-23-11-10(21)8(3-20)22-14(11)19-6-18-9-12(15)16-5-17-13(9)19/h5-8,10-11,14,20-21H,3-4H2,1-2H3,(H2,15,16,17)/t8-,10-,11-,14-/m1/s1. The molecule has 4 atom stereocenters. The first-order valence-corrected chi connectivity index (χ1v) is 8.56. The van der Waals surface area contributed by atoms with Gasteiger partial charge in [0.2, 0.25) is 0 Å². The van der Waals surface area contributed by atoms with Crippen LogP contribution in [-0.4, -0.2) is 59.5 Å². The van der Waals surface area contributed by atoms with Crippen molar-refractivity contribution in [3.63, 3.8) is 0 Å². The Balaban J connectivity index is 1.95. The maximum atomic E-state index is 10.5. The summed E-state index contributed by atoms with van der Waals surface area (Å²) in [4.78, 5) is 12.4. The van der Waals surface area contributed by atoms with Crippen molar-refractivity contribution in [3.05, 3.63) is 12.7 Å². The number of anilines is 1. The lowest BCUT2D eigenvalue weighted by atomic mass is 10.2. The van der Waals surface area contributed by atoms with Crippen molar-refractivity contribution >= 4 is 28.7 Å². The molecule has 2 aromatic rings. The van der Waals surface area contributed by atoms with Crippen LogP contribution < -0.4 is 5.73 Å². The van der Waals surface area contributed by atoms with E-state index in [9.17, 15) is 10.2 Å². The number of hydrogen-bond acceptors (Lipinski definition) is 8. The summed E-state index contributed by atoms with van der Waals surface area (Å²) in [5.74, 6) is 1.67. The molecule has 0 aliphatic carbocycles. The third-order valence-electron chi connectivity index (χ3n) is 3.78. The molecule has 0 saturated carbocycles. The SMILES string of the molecule is CC(C)CS[C@@H]1[C@H](O)[C@@H](CO)O[C@H]1n1cnc2c(N)ncnc21. The van der Waals surface area contributed by atoms with Crippen LogP contribution in [0.15, 0.2) is 12.7 Å². The van der Waals surface area contributed by atoms with E-state index in [2.05, 4.69) is 28.8 Å². The molecular formula is C14H21N5O3S. The van der Waals surface area contributed by atoms with Crippen molar-refractivity contribution in [2.45, 2.75) is 37.5 Å². The molecule has 3 heterocycles. The van der Waals surface area contributed by atoms with Crippen molar-refractivity contribution < 1.29 is 14.9 Å². The van der Waals surface area contributed by atoms with Gasteiger partial charge in [-0.1, -0.05) is 13.8 Å². The number of imidazole rings is 1. The van der Waals surface area contributed by atoms with E-state index in [1.54, 1.807) is 22.7 Å². The Kier molecular flexibility index (Phi) is 4.72. The van der Waals surface area contributed by atoms with Crippen molar-refractivity contribution in [2.24, 2.45) is 5.92 Å². The molecule has 1 saturated heterocycles. The second kappa shape index (κ2) is 6.60. The van der Waals surface area contributed by atoms with E-state index in [0.29, 0.717) is 22.9 Å². The van der Waals surface area contributed by atoms with Crippen molar-refractivity contribution in [1.29, 1.82) is 0 Å². The number of rotatable bonds is 5. The van der Waals surface area contributed by atoms with Gasteiger partial charge in [-0.25, -0.2) is 15.0 Å². The van der Waals surface area contributed by atoms with E-state index in [0.717, 1.165) is 5.75 Å². The van der Waals surface area contributed by atoms with Crippen LogP contribution in [-0.2, 0) is 4.74 Å². The van der Waals surface area contributed by atoms with Gasteiger partial charge in [-0.05, 0) is 11.7 Å². The van der Waals surface area contributed by atoms with Crippen LogP contribution >= 0.6 is 11.8 Å². The van der Waals surface area contributed by atoms with Crippen LogP contribution in [0.4, 0.5) is 5.82 Å². The van der Waals surface area contributed by atoms with Gasteiger partial charge >= 0.3 is 0 Å². The molecule has 8 nitrogen and oxygen atoms in total. The van der Waals surface area contributed by atoms with Crippen LogP contribution in [0.3, 0.4) is 0 Å². The number of ether oxygens (including phenoxy) is 1. The highest BCUT2D eigenvalue weighted by molar-refractivity contribution is 8.00. The molecular weight excluding hydrogens is 318 g/mol. The van der Waals surface area contributed by atoms with Crippen LogP contribution in [0.25, 0.3) is 11.2 Å². The second-order valence-electron chi connectivity index (χ2n) is 6.01. The molecule has 0 amide bonds. The Labute approximate surface area is 138 Å². The first-order chi connectivity index (χ1) is 11.0. The number of nitrogen functional groups attached to an aromatic ring is 1. The third-order valence-corrected chi connectivity index (χ3v) is 5.53. The molecule has 0 spiro atoms. The fourth-order valence-corrected chi connectivity index (χ4v) is 3.97. The topological polar surface area (TPSA) is 119 Å². The quantitative estimate of drug-likeness (QED) is 0.717. The zero-order valence-electron chi connectivity index (χ0n) is 13.0. The van der Waals surface area contributed by atoms with Crippen LogP contribution in [0, 0.1) is 5.92 Å². The largest absolute Gasteiger partial charge is 0.394 e. The number of nitrogens with zero attached hydrogens (tertiary/aromatic N) is 4. The second-order valence-corrected chi connectivity index (χ2v) is 7.22. The zero-order valence-corrected chi connectivity index (χ0v) is 13.8. The van der Waals surface area contributed by atoms with Gasteiger partial charge in [-0.2, -0.15) is 11.8 Å². The molecule has 3 rings (SSSR count). The normalized spacial score (nSPS) is 28.0. The van der Waals surface area contributed by atoms with Gasteiger partial charge in [0.15, 0.2) is 17.7 Å². The Morgan fingerprint density at radius 1 is 1.39 bits per heavy atom. The number of hydrogen-bond donors (Lipinski definition) is 3. The highest BCUT2D eigenvalue weighted by Crippen LogP contribution is 2.39. The number of thioether (sulfide) groups is 1. The Hall–Kier alpha value is -1.42. The smallest absolute Gasteiger partial charge is 0.167 e. The predicted octanol–water partition coefficient (Wildman–Crippen LogP) is 0.417. The summed E-state index contributed by atoms with van der Waals surface area (Å²) in [5.41, 5.74) is 6.88. The zero-order chi connectivity index (χ0) is 16.6. The van der Waals surface area contributed by atoms with E-state index >= 15 is 0 Å². The molecule has 0 unspecified atom stereocenters. The summed E-state index contributed by atoms with van der Waals surface area (Å²) in [6.07, 6.45) is 1.12.